The number of pyridine rings is 1. The lowest BCUT2D eigenvalue weighted by atomic mass is 9.77. The number of alkyl halides is 1. The summed E-state index contributed by atoms with van der Waals surface area (Å²) >= 11 is 11.8. The molecule has 3 N–H and O–H groups in total. The van der Waals surface area contributed by atoms with E-state index in [4.69, 9.17) is 27.9 Å². The Hall–Kier alpha value is -2.51. The van der Waals surface area contributed by atoms with Crippen LogP contribution in [0.4, 0.5) is 10.5 Å². The smallest absolute Gasteiger partial charge is 0.404 e. The lowest BCUT2D eigenvalue weighted by Gasteiger charge is -2.37. The SMILES string of the molecule is CC(C)(C)C(NC(=O)O)C1(COc2cnc(Cl)c(-c3ccc(NC(=O)CCl)cc3)c2)CC1. The van der Waals surface area contributed by atoms with E-state index in [0.717, 1.165) is 18.4 Å². The minimum Gasteiger partial charge on any atom is -0.491 e. The maximum Gasteiger partial charge on any atom is 0.404 e. The Bertz CT molecular complexity index is 986. The van der Waals surface area contributed by atoms with E-state index >= 15 is 0 Å². The number of carboxylic acid groups (broad SMARTS) is 1. The van der Waals surface area contributed by atoms with Crippen molar-refractivity contribution in [2.24, 2.45) is 10.8 Å². The quantitative estimate of drug-likeness (QED) is 0.346. The summed E-state index contributed by atoms with van der Waals surface area (Å²) < 4.78 is 6.07. The zero-order valence-electron chi connectivity index (χ0n) is 18.2. The van der Waals surface area contributed by atoms with E-state index in [2.05, 4.69) is 15.6 Å². The molecule has 3 rings (SSSR count). The molecular formula is C23H27Cl2N3O4. The molecule has 1 saturated carbocycles. The fourth-order valence-electron chi connectivity index (χ4n) is 3.95. The summed E-state index contributed by atoms with van der Waals surface area (Å²) in [7, 11) is 0. The van der Waals surface area contributed by atoms with Crippen molar-refractivity contribution in [1.29, 1.82) is 0 Å². The van der Waals surface area contributed by atoms with Crippen LogP contribution in [0.15, 0.2) is 36.5 Å². The minimum atomic E-state index is -1.03. The number of carbonyl (C=O) groups is 2. The normalized spacial score (nSPS) is 15.5. The van der Waals surface area contributed by atoms with Crippen LogP contribution < -0.4 is 15.4 Å². The molecule has 1 aliphatic carbocycles. The van der Waals surface area contributed by atoms with E-state index < -0.39 is 6.09 Å². The standard InChI is InChI=1S/C23H27Cl2N3O4/c1-22(2,3)20(28-21(30)31)23(8-9-23)13-32-16-10-17(19(25)26-12-16)14-4-6-15(7-5-14)27-18(29)11-24/h4-7,10,12,20,28H,8-9,11,13H2,1-3H3,(H,27,29)(H,30,31). The van der Waals surface area contributed by atoms with Crippen LogP contribution in [-0.2, 0) is 4.79 Å². The van der Waals surface area contributed by atoms with Crippen LogP contribution in [-0.4, -0.2) is 40.6 Å². The van der Waals surface area contributed by atoms with Crippen LogP contribution in [0.5, 0.6) is 5.75 Å². The van der Waals surface area contributed by atoms with Gasteiger partial charge in [-0.1, -0.05) is 44.5 Å². The molecule has 0 radical (unpaired) electrons. The molecule has 7 nitrogen and oxygen atoms in total. The molecule has 9 heteroatoms. The molecule has 1 heterocycles. The van der Waals surface area contributed by atoms with Crippen molar-refractivity contribution in [3.8, 4) is 16.9 Å². The maximum absolute atomic E-state index is 11.4. The maximum atomic E-state index is 11.4. The summed E-state index contributed by atoms with van der Waals surface area (Å²) in [6.45, 7) is 6.44. The van der Waals surface area contributed by atoms with Gasteiger partial charge in [0.2, 0.25) is 5.91 Å². The first-order chi connectivity index (χ1) is 15.0. The van der Waals surface area contributed by atoms with E-state index in [1.807, 2.05) is 39.0 Å². The van der Waals surface area contributed by atoms with E-state index in [1.165, 1.54) is 0 Å². The highest BCUT2D eigenvalue weighted by molar-refractivity contribution is 6.32. The Morgan fingerprint density at radius 1 is 1.25 bits per heavy atom. The van der Waals surface area contributed by atoms with Crippen LogP contribution in [0, 0.1) is 10.8 Å². The molecule has 172 valence electrons. The van der Waals surface area contributed by atoms with Gasteiger partial charge in [-0.15, -0.1) is 11.6 Å². The van der Waals surface area contributed by atoms with Crippen molar-refractivity contribution in [3.05, 3.63) is 41.7 Å². The number of hydrogen-bond donors (Lipinski definition) is 3. The molecule has 0 saturated heterocycles. The summed E-state index contributed by atoms with van der Waals surface area (Å²) in [5.41, 5.74) is 1.64. The Labute approximate surface area is 197 Å². The zero-order chi connectivity index (χ0) is 23.5. The van der Waals surface area contributed by atoms with E-state index in [1.54, 1.807) is 18.3 Å². The molecule has 1 aromatic heterocycles. The van der Waals surface area contributed by atoms with Crippen LogP contribution in [0.3, 0.4) is 0 Å². The molecule has 1 atom stereocenters. The molecule has 0 aliphatic heterocycles. The number of nitrogens with one attached hydrogen (secondary N) is 2. The van der Waals surface area contributed by atoms with E-state index in [-0.39, 0.29) is 28.7 Å². The average molecular weight is 480 g/mol. The first kappa shape index (κ1) is 24.1. The summed E-state index contributed by atoms with van der Waals surface area (Å²) in [4.78, 5) is 27.0. The number of ether oxygens (including phenoxy) is 1. The lowest BCUT2D eigenvalue weighted by molar-refractivity contribution is -0.113. The van der Waals surface area contributed by atoms with Crippen molar-refractivity contribution in [3.63, 3.8) is 0 Å². The molecule has 2 aromatic rings. The molecule has 0 bridgehead atoms. The van der Waals surface area contributed by atoms with Crippen LogP contribution in [0.2, 0.25) is 5.15 Å². The number of amides is 2. The van der Waals surface area contributed by atoms with Crippen LogP contribution in [0.25, 0.3) is 11.1 Å². The number of benzene rings is 1. The zero-order valence-corrected chi connectivity index (χ0v) is 19.8. The van der Waals surface area contributed by atoms with Gasteiger partial charge in [-0.05, 0) is 42.0 Å². The van der Waals surface area contributed by atoms with Crippen molar-refractivity contribution >= 4 is 40.9 Å². The first-order valence-corrected chi connectivity index (χ1v) is 11.2. The number of anilines is 1. The first-order valence-electron chi connectivity index (χ1n) is 10.3. The van der Waals surface area contributed by atoms with Gasteiger partial charge in [-0.2, -0.15) is 0 Å². The monoisotopic (exact) mass is 479 g/mol. The lowest BCUT2D eigenvalue weighted by Crippen LogP contribution is -2.51. The highest BCUT2D eigenvalue weighted by Gasteiger charge is 2.54. The minimum absolute atomic E-state index is 0.115. The van der Waals surface area contributed by atoms with Crippen LogP contribution >= 0.6 is 23.2 Å². The molecule has 1 aliphatic rings. The predicted molar refractivity (Wildman–Crippen MR) is 126 cm³/mol. The number of hydrogen-bond acceptors (Lipinski definition) is 4. The second kappa shape index (κ2) is 9.55. The Balaban J connectivity index is 1.75. The average Bonchev–Trinajstić information content (AvgIpc) is 3.52. The van der Waals surface area contributed by atoms with Gasteiger partial charge in [0.05, 0.1) is 12.8 Å². The molecular weight excluding hydrogens is 453 g/mol. The number of carbonyl (C=O) groups excluding carboxylic acids is 1. The van der Waals surface area contributed by atoms with Gasteiger partial charge in [0.25, 0.3) is 0 Å². The summed E-state index contributed by atoms with van der Waals surface area (Å²) in [5.74, 6) is 0.156. The van der Waals surface area contributed by atoms with Gasteiger partial charge in [-0.25, -0.2) is 9.78 Å². The third-order valence-corrected chi connectivity index (χ3v) is 6.12. The molecule has 32 heavy (non-hydrogen) atoms. The summed E-state index contributed by atoms with van der Waals surface area (Å²) in [5, 5.41) is 15.0. The number of aromatic nitrogens is 1. The highest BCUT2D eigenvalue weighted by atomic mass is 35.5. The van der Waals surface area contributed by atoms with Crippen LogP contribution in [0.1, 0.15) is 33.6 Å². The van der Waals surface area contributed by atoms with Gasteiger partial charge >= 0.3 is 6.09 Å². The Morgan fingerprint density at radius 2 is 1.91 bits per heavy atom. The number of halogens is 2. The summed E-state index contributed by atoms with van der Waals surface area (Å²) in [6.07, 6.45) is 2.31. The number of rotatable bonds is 8. The third-order valence-electron chi connectivity index (χ3n) is 5.58. The molecule has 0 spiro atoms. The van der Waals surface area contributed by atoms with Crippen molar-refractivity contribution < 1.29 is 19.4 Å². The van der Waals surface area contributed by atoms with E-state index in [9.17, 15) is 14.7 Å². The molecule has 2 amide bonds. The van der Waals surface area contributed by atoms with Crippen molar-refractivity contribution in [1.82, 2.24) is 10.3 Å². The van der Waals surface area contributed by atoms with Crippen molar-refractivity contribution in [2.45, 2.75) is 39.7 Å². The fraction of sp³-hybridized carbons (Fsp3) is 0.435. The number of nitrogens with zero attached hydrogens (tertiary/aromatic N) is 1. The third kappa shape index (κ3) is 5.84. The molecule has 1 unspecified atom stereocenters. The van der Waals surface area contributed by atoms with Gasteiger partial charge in [-0.3, -0.25) is 4.79 Å². The van der Waals surface area contributed by atoms with Crippen molar-refractivity contribution in [2.75, 3.05) is 17.8 Å². The second-order valence-electron chi connectivity index (χ2n) is 9.17. The topological polar surface area (TPSA) is 101 Å². The van der Waals surface area contributed by atoms with Gasteiger partial charge < -0.3 is 20.5 Å². The van der Waals surface area contributed by atoms with Gasteiger partial charge in [0.15, 0.2) is 0 Å². The molecule has 1 fully saturated rings. The second-order valence-corrected chi connectivity index (χ2v) is 9.79. The van der Waals surface area contributed by atoms with Gasteiger partial charge in [0, 0.05) is 22.7 Å². The molecule has 1 aromatic carbocycles. The Morgan fingerprint density at radius 3 is 2.44 bits per heavy atom. The van der Waals surface area contributed by atoms with E-state index in [0.29, 0.717) is 28.8 Å². The van der Waals surface area contributed by atoms with Gasteiger partial charge in [0.1, 0.15) is 16.8 Å². The largest absolute Gasteiger partial charge is 0.491 e. The fourth-order valence-corrected chi connectivity index (χ4v) is 4.23. The summed E-state index contributed by atoms with van der Waals surface area (Å²) in [6, 6.07) is 8.75. The predicted octanol–water partition coefficient (Wildman–Crippen LogP) is 5.42. The highest BCUT2D eigenvalue weighted by Crippen LogP contribution is 2.53. The Kier molecular flexibility index (Phi) is 7.20.